The molecule has 4 rings (SSSR count). The first-order valence-corrected chi connectivity index (χ1v) is 7.03. The fourth-order valence-electron chi connectivity index (χ4n) is 2.76. The number of rotatable bonds is 0. The molecule has 0 fully saturated rings. The van der Waals surface area contributed by atoms with Crippen molar-refractivity contribution in [1.29, 1.82) is 0 Å². The van der Waals surface area contributed by atoms with Gasteiger partial charge >= 0.3 is 6.18 Å². The van der Waals surface area contributed by atoms with Gasteiger partial charge in [0.1, 0.15) is 16.9 Å². The predicted molar refractivity (Wildman–Crippen MR) is 84.2 cm³/mol. The maximum absolute atomic E-state index is 12.9. The number of benzene rings is 3. The molecule has 0 saturated carbocycles. The van der Waals surface area contributed by atoms with Crippen molar-refractivity contribution < 1.29 is 22.7 Å². The van der Waals surface area contributed by atoms with E-state index < -0.39 is 17.2 Å². The molecule has 0 saturated heterocycles. The van der Waals surface area contributed by atoms with Gasteiger partial charge in [0.05, 0.1) is 16.3 Å². The van der Waals surface area contributed by atoms with E-state index in [1.165, 1.54) is 30.3 Å². The van der Waals surface area contributed by atoms with E-state index in [1.54, 1.807) is 6.07 Å². The van der Waals surface area contributed by atoms with E-state index in [9.17, 15) is 23.1 Å². The molecule has 1 N–H and O–H groups in total. The van der Waals surface area contributed by atoms with E-state index in [0.29, 0.717) is 16.4 Å². The van der Waals surface area contributed by atoms with E-state index in [4.69, 9.17) is 4.42 Å². The Hall–Kier alpha value is -3.02. The van der Waals surface area contributed by atoms with E-state index in [1.807, 2.05) is 0 Å². The molecule has 0 atom stereocenters. The lowest BCUT2D eigenvalue weighted by atomic mass is 10.0. The first kappa shape index (κ1) is 14.6. The van der Waals surface area contributed by atoms with Crippen molar-refractivity contribution in [2.24, 2.45) is 0 Å². The molecule has 4 aromatic rings. The second kappa shape index (κ2) is 4.74. The van der Waals surface area contributed by atoms with Crippen LogP contribution in [0.3, 0.4) is 0 Å². The Morgan fingerprint density at radius 1 is 0.833 bits per heavy atom. The molecule has 1 heterocycles. The molecular weight excluding hydrogens is 321 g/mol. The van der Waals surface area contributed by atoms with Crippen LogP contribution in [0.5, 0.6) is 5.75 Å². The molecule has 0 aliphatic rings. The van der Waals surface area contributed by atoms with E-state index >= 15 is 0 Å². The zero-order valence-electron chi connectivity index (χ0n) is 12.0. The van der Waals surface area contributed by atoms with Crippen LogP contribution in [-0.4, -0.2) is 5.11 Å². The Labute approximate surface area is 132 Å². The fraction of sp³-hybridized carbons (Fsp3) is 0.0556. The minimum absolute atomic E-state index is 0.0886. The molecule has 0 spiro atoms. The van der Waals surface area contributed by atoms with Crippen LogP contribution in [0, 0.1) is 0 Å². The molecule has 3 nitrogen and oxygen atoms in total. The minimum Gasteiger partial charge on any atom is -0.508 e. The summed E-state index contributed by atoms with van der Waals surface area (Å²) in [6.07, 6.45) is -4.46. The molecule has 1 aromatic heterocycles. The van der Waals surface area contributed by atoms with E-state index in [0.717, 1.165) is 12.1 Å². The highest BCUT2D eigenvalue weighted by molar-refractivity contribution is 5.99. The molecule has 24 heavy (non-hydrogen) atoms. The predicted octanol–water partition coefficient (Wildman–Crippen LogP) is 4.82. The number of phenols is 1. The maximum Gasteiger partial charge on any atom is 0.416 e. The Kier molecular flexibility index (Phi) is 2.87. The van der Waals surface area contributed by atoms with Crippen molar-refractivity contribution >= 4 is 32.7 Å². The van der Waals surface area contributed by atoms with Gasteiger partial charge in [-0.05, 0) is 53.2 Å². The first-order chi connectivity index (χ1) is 11.3. The van der Waals surface area contributed by atoms with E-state index in [-0.39, 0.29) is 22.1 Å². The topological polar surface area (TPSA) is 50.4 Å². The summed E-state index contributed by atoms with van der Waals surface area (Å²) in [7, 11) is 0. The van der Waals surface area contributed by atoms with Gasteiger partial charge in [-0.3, -0.25) is 4.79 Å². The highest BCUT2D eigenvalue weighted by Gasteiger charge is 2.30. The van der Waals surface area contributed by atoms with Gasteiger partial charge in [0.15, 0.2) is 0 Å². The molecule has 0 aliphatic carbocycles. The summed E-state index contributed by atoms with van der Waals surface area (Å²) < 4.78 is 44.2. The van der Waals surface area contributed by atoms with Gasteiger partial charge in [0.25, 0.3) is 0 Å². The van der Waals surface area contributed by atoms with Crippen molar-refractivity contribution in [2.45, 2.75) is 6.18 Å². The summed E-state index contributed by atoms with van der Waals surface area (Å²) in [5.41, 5.74) is -0.597. The molecule has 0 aliphatic heterocycles. The average molecular weight is 330 g/mol. The number of hydrogen-bond acceptors (Lipinski definition) is 3. The monoisotopic (exact) mass is 330 g/mol. The summed E-state index contributed by atoms with van der Waals surface area (Å²) >= 11 is 0. The lowest BCUT2D eigenvalue weighted by molar-refractivity contribution is -0.137. The lowest BCUT2D eigenvalue weighted by Gasteiger charge is -2.09. The quantitative estimate of drug-likeness (QED) is 0.470. The second-order valence-electron chi connectivity index (χ2n) is 5.52. The van der Waals surface area contributed by atoms with Crippen LogP contribution in [0.2, 0.25) is 0 Å². The summed E-state index contributed by atoms with van der Waals surface area (Å²) in [4.78, 5) is 12.6. The zero-order chi connectivity index (χ0) is 17.1. The molecule has 6 heteroatoms. The Bertz CT molecular complexity index is 1170. The molecule has 0 unspecified atom stereocenters. The maximum atomic E-state index is 12.9. The molecule has 3 aromatic carbocycles. The second-order valence-corrected chi connectivity index (χ2v) is 5.52. The first-order valence-electron chi connectivity index (χ1n) is 7.03. The van der Waals surface area contributed by atoms with Crippen LogP contribution in [0.25, 0.3) is 32.7 Å². The van der Waals surface area contributed by atoms with Crippen molar-refractivity contribution in [1.82, 2.24) is 0 Å². The van der Waals surface area contributed by atoms with Crippen molar-refractivity contribution in [3.05, 3.63) is 64.3 Å². The molecule has 120 valence electrons. The Morgan fingerprint density at radius 3 is 2.33 bits per heavy atom. The van der Waals surface area contributed by atoms with Crippen LogP contribution < -0.4 is 5.43 Å². The minimum atomic E-state index is -4.46. The van der Waals surface area contributed by atoms with Gasteiger partial charge in [-0.15, -0.1) is 0 Å². The molecule has 0 bridgehead atoms. The number of halogens is 3. The standard InChI is InChI=1S/C18H9F3O3/c19-18(20,21)11-2-1-9-7-16-13(6-10(9)5-11)17(23)14-8-12(22)3-4-15(14)24-16/h1-8,22H. The summed E-state index contributed by atoms with van der Waals surface area (Å²) in [6, 6.07) is 10.4. The normalized spacial score (nSPS) is 12.3. The van der Waals surface area contributed by atoms with Crippen molar-refractivity contribution in [2.75, 3.05) is 0 Å². The number of aromatic hydroxyl groups is 1. The smallest absolute Gasteiger partial charge is 0.416 e. The molecular formula is C18H9F3O3. The largest absolute Gasteiger partial charge is 0.508 e. The third kappa shape index (κ3) is 2.19. The van der Waals surface area contributed by atoms with Gasteiger partial charge in [-0.1, -0.05) is 6.07 Å². The number of hydrogen-bond donors (Lipinski definition) is 1. The number of alkyl halides is 3. The van der Waals surface area contributed by atoms with Crippen LogP contribution in [0.15, 0.2) is 57.7 Å². The zero-order valence-corrected chi connectivity index (χ0v) is 12.0. The number of fused-ring (bicyclic) bond motifs is 3. The Balaban J connectivity index is 2.10. The highest BCUT2D eigenvalue weighted by Crippen LogP contribution is 2.33. The van der Waals surface area contributed by atoms with Crippen LogP contribution in [0.4, 0.5) is 13.2 Å². The third-order valence-corrected chi connectivity index (χ3v) is 3.94. The van der Waals surface area contributed by atoms with Crippen LogP contribution in [0.1, 0.15) is 5.56 Å². The highest BCUT2D eigenvalue weighted by atomic mass is 19.4. The van der Waals surface area contributed by atoms with Gasteiger partial charge in [-0.25, -0.2) is 0 Å². The number of phenolic OH excluding ortho intramolecular Hbond substituents is 1. The van der Waals surface area contributed by atoms with Crippen LogP contribution in [-0.2, 0) is 6.18 Å². The summed E-state index contributed by atoms with van der Waals surface area (Å²) in [5, 5.41) is 10.7. The SMILES string of the molecule is O=c1c2cc(O)ccc2oc2cc3ccc(C(F)(F)F)cc3cc12. The van der Waals surface area contributed by atoms with E-state index in [2.05, 4.69) is 0 Å². The third-order valence-electron chi connectivity index (χ3n) is 3.94. The summed E-state index contributed by atoms with van der Waals surface area (Å²) in [6.45, 7) is 0. The summed E-state index contributed by atoms with van der Waals surface area (Å²) in [5.74, 6) is -0.0886. The molecule has 0 amide bonds. The lowest BCUT2D eigenvalue weighted by Crippen LogP contribution is -2.05. The van der Waals surface area contributed by atoms with Crippen LogP contribution >= 0.6 is 0 Å². The van der Waals surface area contributed by atoms with Gasteiger partial charge < -0.3 is 9.52 Å². The van der Waals surface area contributed by atoms with Gasteiger partial charge in [0, 0.05) is 0 Å². The molecule has 0 radical (unpaired) electrons. The average Bonchev–Trinajstić information content (AvgIpc) is 2.53. The van der Waals surface area contributed by atoms with Crippen molar-refractivity contribution in [3.63, 3.8) is 0 Å². The van der Waals surface area contributed by atoms with Gasteiger partial charge in [0.2, 0.25) is 5.43 Å². The fourth-order valence-corrected chi connectivity index (χ4v) is 2.76. The van der Waals surface area contributed by atoms with Gasteiger partial charge in [-0.2, -0.15) is 13.2 Å². The van der Waals surface area contributed by atoms with Crippen molar-refractivity contribution in [3.8, 4) is 5.75 Å². The Morgan fingerprint density at radius 2 is 1.58 bits per heavy atom.